The van der Waals surface area contributed by atoms with Crippen LogP contribution in [-0.4, -0.2) is 11.8 Å². The zero-order valence-electron chi connectivity index (χ0n) is 13.6. The van der Waals surface area contributed by atoms with Gasteiger partial charge in [0.2, 0.25) is 0 Å². The molecule has 3 nitrogen and oxygen atoms in total. The van der Waals surface area contributed by atoms with Crippen molar-refractivity contribution in [2.75, 3.05) is 0 Å². The number of ether oxygens (including phenoxy) is 1. The fourth-order valence-electron chi connectivity index (χ4n) is 2.43. The Morgan fingerprint density at radius 3 is 2.26 bits per heavy atom. The number of carbonyl (C=O) groups excluding carboxylic acids is 2. The van der Waals surface area contributed by atoms with Crippen molar-refractivity contribution in [3.05, 3.63) is 71.3 Å². The highest BCUT2D eigenvalue weighted by Gasteiger charge is 2.25. The lowest BCUT2D eigenvalue weighted by Gasteiger charge is -2.14. The van der Waals surface area contributed by atoms with Crippen molar-refractivity contribution < 1.29 is 14.3 Å². The molecule has 0 saturated carbocycles. The number of aryl methyl sites for hydroxylation is 1. The number of rotatable bonds is 7. The predicted molar refractivity (Wildman–Crippen MR) is 89.9 cm³/mol. The highest BCUT2D eigenvalue weighted by atomic mass is 16.5. The number of esters is 1. The minimum Gasteiger partial charge on any atom is -0.460 e. The lowest BCUT2D eigenvalue weighted by atomic mass is 9.94. The molecular weight excluding hydrogens is 288 g/mol. The Balaban J connectivity index is 2.02. The number of Topliss-reactive ketones (excluding diaryl/α,β-unsaturated/α-hetero) is 1. The Morgan fingerprint density at radius 1 is 0.957 bits per heavy atom. The van der Waals surface area contributed by atoms with Gasteiger partial charge in [-0.3, -0.25) is 9.59 Å². The third kappa shape index (κ3) is 5.06. The molecule has 120 valence electrons. The molecule has 0 unspecified atom stereocenters. The highest BCUT2D eigenvalue weighted by Crippen LogP contribution is 2.15. The van der Waals surface area contributed by atoms with E-state index in [0.29, 0.717) is 6.42 Å². The van der Waals surface area contributed by atoms with E-state index in [2.05, 4.69) is 6.92 Å². The normalized spacial score (nSPS) is 11.7. The molecule has 0 saturated heterocycles. The van der Waals surface area contributed by atoms with E-state index in [9.17, 15) is 9.59 Å². The molecular formula is C20H22O3. The minimum absolute atomic E-state index is 0.162. The summed E-state index contributed by atoms with van der Waals surface area (Å²) in [5.41, 5.74) is 3.10. The van der Waals surface area contributed by atoms with E-state index in [1.807, 2.05) is 54.6 Å². The molecule has 0 aliphatic rings. The first kappa shape index (κ1) is 16.9. The van der Waals surface area contributed by atoms with Gasteiger partial charge in [0.1, 0.15) is 18.3 Å². The summed E-state index contributed by atoms with van der Waals surface area (Å²) in [6.45, 7) is 3.71. The van der Waals surface area contributed by atoms with Crippen LogP contribution in [0.2, 0.25) is 0 Å². The maximum Gasteiger partial charge on any atom is 0.317 e. The van der Waals surface area contributed by atoms with Crippen LogP contribution in [0.25, 0.3) is 0 Å². The maximum absolute atomic E-state index is 12.3. The fraction of sp³-hybridized carbons (Fsp3) is 0.300. The molecule has 0 aliphatic carbocycles. The van der Waals surface area contributed by atoms with Crippen LogP contribution in [0.15, 0.2) is 54.6 Å². The summed E-state index contributed by atoms with van der Waals surface area (Å²) in [6, 6.07) is 17.5. The van der Waals surface area contributed by atoms with E-state index in [1.54, 1.807) is 0 Å². The van der Waals surface area contributed by atoms with E-state index < -0.39 is 11.9 Å². The van der Waals surface area contributed by atoms with Crippen LogP contribution in [0.5, 0.6) is 0 Å². The van der Waals surface area contributed by atoms with E-state index in [1.165, 1.54) is 12.5 Å². The lowest BCUT2D eigenvalue weighted by Crippen LogP contribution is -2.26. The van der Waals surface area contributed by atoms with Gasteiger partial charge in [0, 0.05) is 0 Å². The van der Waals surface area contributed by atoms with Crippen LogP contribution >= 0.6 is 0 Å². The number of ketones is 1. The molecule has 2 rings (SSSR count). The van der Waals surface area contributed by atoms with Crippen LogP contribution in [0, 0.1) is 5.92 Å². The van der Waals surface area contributed by atoms with Gasteiger partial charge in [0.25, 0.3) is 0 Å². The van der Waals surface area contributed by atoms with Gasteiger partial charge >= 0.3 is 5.97 Å². The van der Waals surface area contributed by atoms with Crippen LogP contribution in [0.3, 0.4) is 0 Å². The van der Waals surface area contributed by atoms with Crippen molar-refractivity contribution in [3.8, 4) is 0 Å². The smallest absolute Gasteiger partial charge is 0.317 e. The summed E-state index contributed by atoms with van der Waals surface area (Å²) in [6.07, 6.45) is 1.31. The van der Waals surface area contributed by atoms with Gasteiger partial charge < -0.3 is 4.74 Å². The molecule has 2 aromatic rings. The van der Waals surface area contributed by atoms with Crippen molar-refractivity contribution in [3.63, 3.8) is 0 Å². The molecule has 0 fully saturated rings. The zero-order chi connectivity index (χ0) is 16.7. The van der Waals surface area contributed by atoms with Crippen LogP contribution in [0.1, 0.15) is 30.5 Å². The van der Waals surface area contributed by atoms with E-state index in [4.69, 9.17) is 4.74 Å². The average Bonchev–Trinajstić information content (AvgIpc) is 2.58. The number of hydrogen-bond acceptors (Lipinski definition) is 3. The first-order valence-electron chi connectivity index (χ1n) is 7.89. The first-order valence-corrected chi connectivity index (χ1v) is 7.89. The molecule has 1 atom stereocenters. The van der Waals surface area contributed by atoms with Crippen LogP contribution in [0.4, 0.5) is 0 Å². The third-order valence-corrected chi connectivity index (χ3v) is 3.84. The Morgan fingerprint density at radius 2 is 1.61 bits per heavy atom. The highest BCUT2D eigenvalue weighted by molar-refractivity contribution is 5.98. The fourth-order valence-corrected chi connectivity index (χ4v) is 2.43. The SMILES string of the molecule is CCc1cccc(C[C@@H](C(C)=O)C(=O)OCc2ccccc2)c1. The first-order chi connectivity index (χ1) is 11.1. The van der Waals surface area contributed by atoms with Crippen molar-refractivity contribution in [2.45, 2.75) is 33.3 Å². The van der Waals surface area contributed by atoms with E-state index in [0.717, 1.165) is 17.5 Å². The largest absolute Gasteiger partial charge is 0.460 e. The van der Waals surface area contributed by atoms with Gasteiger partial charge in [0.15, 0.2) is 0 Å². The third-order valence-electron chi connectivity index (χ3n) is 3.84. The van der Waals surface area contributed by atoms with Crippen molar-refractivity contribution in [2.24, 2.45) is 5.92 Å². The second-order valence-corrected chi connectivity index (χ2v) is 5.63. The summed E-state index contributed by atoms with van der Waals surface area (Å²) in [4.78, 5) is 24.1. The molecule has 0 radical (unpaired) electrons. The zero-order valence-corrected chi connectivity index (χ0v) is 13.6. The van der Waals surface area contributed by atoms with Gasteiger partial charge in [-0.15, -0.1) is 0 Å². The average molecular weight is 310 g/mol. The molecule has 23 heavy (non-hydrogen) atoms. The summed E-state index contributed by atoms with van der Waals surface area (Å²) < 4.78 is 5.32. The Labute approximate surface area is 137 Å². The molecule has 0 bridgehead atoms. The number of carbonyl (C=O) groups is 2. The van der Waals surface area contributed by atoms with Gasteiger partial charge in [-0.25, -0.2) is 0 Å². The van der Waals surface area contributed by atoms with Gasteiger partial charge in [0.05, 0.1) is 0 Å². The second-order valence-electron chi connectivity index (χ2n) is 5.63. The molecule has 0 N–H and O–H groups in total. The quantitative estimate of drug-likeness (QED) is 0.578. The second kappa shape index (κ2) is 8.28. The van der Waals surface area contributed by atoms with Crippen LogP contribution in [-0.2, 0) is 33.8 Å². The molecule has 0 aromatic heterocycles. The van der Waals surface area contributed by atoms with E-state index >= 15 is 0 Å². The standard InChI is InChI=1S/C20H22O3/c1-3-16-10-7-11-18(12-16)13-19(15(2)21)20(22)23-14-17-8-5-4-6-9-17/h4-12,19H,3,13-14H2,1-2H3/t19-/m0/s1. The maximum atomic E-state index is 12.3. The number of benzene rings is 2. The molecule has 3 heteroatoms. The summed E-state index contributed by atoms with van der Waals surface area (Å²) in [7, 11) is 0. The Kier molecular flexibility index (Phi) is 6.10. The summed E-state index contributed by atoms with van der Waals surface area (Å²) >= 11 is 0. The van der Waals surface area contributed by atoms with Gasteiger partial charge in [-0.1, -0.05) is 61.5 Å². The molecule has 2 aromatic carbocycles. The predicted octanol–water partition coefficient (Wildman–Crippen LogP) is 3.74. The molecule has 0 heterocycles. The van der Waals surface area contributed by atoms with Gasteiger partial charge in [-0.2, -0.15) is 0 Å². The Bertz CT molecular complexity index is 662. The molecule has 0 aliphatic heterocycles. The van der Waals surface area contributed by atoms with E-state index in [-0.39, 0.29) is 12.4 Å². The topological polar surface area (TPSA) is 43.4 Å². The Hall–Kier alpha value is -2.42. The molecule has 0 spiro atoms. The number of hydrogen-bond donors (Lipinski definition) is 0. The summed E-state index contributed by atoms with van der Waals surface area (Å²) in [5.74, 6) is -1.36. The lowest BCUT2D eigenvalue weighted by molar-refractivity contribution is -0.152. The monoisotopic (exact) mass is 310 g/mol. The van der Waals surface area contributed by atoms with Gasteiger partial charge in [-0.05, 0) is 36.5 Å². The van der Waals surface area contributed by atoms with Crippen molar-refractivity contribution in [1.82, 2.24) is 0 Å². The van der Waals surface area contributed by atoms with Crippen LogP contribution < -0.4 is 0 Å². The minimum atomic E-state index is -0.745. The van der Waals surface area contributed by atoms with Crippen molar-refractivity contribution >= 4 is 11.8 Å². The van der Waals surface area contributed by atoms with Crippen molar-refractivity contribution in [1.29, 1.82) is 0 Å². The summed E-state index contributed by atoms with van der Waals surface area (Å²) in [5, 5.41) is 0. The molecule has 0 amide bonds.